The van der Waals surface area contributed by atoms with Crippen LogP contribution in [0.15, 0.2) is 54.6 Å². The van der Waals surface area contributed by atoms with Crippen LogP contribution in [0.5, 0.6) is 5.75 Å². The Morgan fingerprint density at radius 2 is 1.81 bits per heavy atom. The van der Waals surface area contributed by atoms with E-state index in [-0.39, 0.29) is 24.5 Å². The van der Waals surface area contributed by atoms with Crippen LogP contribution in [0.4, 0.5) is 4.79 Å². The molecule has 1 heterocycles. The van der Waals surface area contributed by atoms with Crippen molar-refractivity contribution in [2.24, 2.45) is 0 Å². The van der Waals surface area contributed by atoms with Crippen molar-refractivity contribution < 1.29 is 14.3 Å². The van der Waals surface area contributed by atoms with E-state index in [1.165, 1.54) is 0 Å². The second-order valence-corrected chi connectivity index (χ2v) is 4.61. The third-order valence-corrected chi connectivity index (χ3v) is 3.20. The summed E-state index contributed by atoms with van der Waals surface area (Å²) in [5, 5.41) is 2.77. The molecule has 0 unspecified atom stereocenters. The summed E-state index contributed by atoms with van der Waals surface area (Å²) in [6.07, 6.45) is -0.382. The van der Waals surface area contributed by atoms with Crippen LogP contribution >= 0.6 is 12.4 Å². The summed E-state index contributed by atoms with van der Waals surface area (Å²) >= 11 is 0. The summed E-state index contributed by atoms with van der Waals surface area (Å²) in [4.78, 5) is 11.1. The minimum Gasteiger partial charge on any atom is -0.489 e. The van der Waals surface area contributed by atoms with Crippen molar-refractivity contribution in [3.05, 3.63) is 65.7 Å². The molecule has 5 heteroatoms. The van der Waals surface area contributed by atoms with Crippen molar-refractivity contribution in [2.45, 2.75) is 12.6 Å². The highest BCUT2D eigenvalue weighted by Gasteiger charge is 2.26. The Morgan fingerprint density at radius 1 is 1.10 bits per heavy atom. The molecular weight excluding hydrogens is 290 g/mol. The maximum atomic E-state index is 11.1. The van der Waals surface area contributed by atoms with E-state index in [0.29, 0.717) is 13.2 Å². The molecule has 1 fully saturated rings. The first kappa shape index (κ1) is 15.2. The number of rotatable bonds is 4. The summed E-state index contributed by atoms with van der Waals surface area (Å²) in [6.45, 7) is 0.837. The maximum absolute atomic E-state index is 11.1. The predicted molar refractivity (Wildman–Crippen MR) is 81.7 cm³/mol. The van der Waals surface area contributed by atoms with Gasteiger partial charge in [-0.15, -0.1) is 12.4 Å². The van der Waals surface area contributed by atoms with E-state index >= 15 is 0 Å². The van der Waals surface area contributed by atoms with Crippen LogP contribution in [-0.4, -0.2) is 12.7 Å². The summed E-state index contributed by atoms with van der Waals surface area (Å²) < 4.78 is 10.8. The highest BCUT2D eigenvalue weighted by Crippen LogP contribution is 2.28. The lowest BCUT2D eigenvalue weighted by atomic mass is 10.1. The van der Waals surface area contributed by atoms with E-state index in [0.717, 1.165) is 16.9 Å². The molecule has 3 rings (SSSR count). The number of hydrogen-bond donors (Lipinski definition) is 1. The molecule has 1 saturated heterocycles. The highest BCUT2D eigenvalue weighted by atomic mass is 35.5. The third kappa shape index (κ3) is 3.67. The third-order valence-electron chi connectivity index (χ3n) is 3.20. The van der Waals surface area contributed by atoms with E-state index in [9.17, 15) is 4.79 Å². The minimum atomic E-state index is -0.382. The van der Waals surface area contributed by atoms with Crippen LogP contribution in [-0.2, 0) is 11.3 Å². The lowest BCUT2D eigenvalue weighted by molar-refractivity contribution is 0.176. The van der Waals surface area contributed by atoms with Gasteiger partial charge in [-0.25, -0.2) is 4.79 Å². The fraction of sp³-hybridized carbons (Fsp3) is 0.188. The van der Waals surface area contributed by atoms with Gasteiger partial charge in [0.25, 0.3) is 0 Å². The van der Waals surface area contributed by atoms with Crippen molar-refractivity contribution in [1.29, 1.82) is 0 Å². The lowest BCUT2D eigenvalue weighted by Crippen LogP contribution is -2.19. The van der Waals surface area contributed by atoms with Gasteiger partial charge < -0.3 is 14.8 Å². The molecule has 4 nitrogen and oxygen atoms in total. The predicted octanol–water partition coefficient (Wildman–Crippen LogP) is 3.47. The Hall–Kier alpha value is -2.20. The van der Waals surface area contributed by atoms with E-state index in [2.05, 4.69) is 5.32 Å². The normalized spacial score (nSPS) is 16.6. The van der Waals surface area contributed by atoms with Gasteiger partial charge in [-0.3, -0.25) is 0 Å². The molecule has 1 aliphatic heterocycles. The number of para-hydroxylation sites is 1. The van der Waals surface area contributed by atoms with Crippen LogP contribution in [0.25, 0.3) is 0 Å². The van der Waals surface area contributed by atoms with Gasteiger partial charge in [0.15, 0.2) is 0 Å². The summed E-state index contributed by atoms with van der Waals surface area (Å²) in [5.74, 6) is 0.771. The summed E-state index contributed by atoms with van der Waals surface area (Å²) in [7, 11) is 0. The molecule has 0 radical (unpaired) electrons. The molecule has 0 aromatic heterocycles. The van der Waals surface area contributed by atoms with Crippen molar-refractivity contribution >= 4 is 18.5 Å². The zero-order chi connectivity index (χ0) is 13.8. The molecule has 1 atom stereocenters. The van der Waals surface area contributed by atoms with E-state index < -0.39 is 0 Å². The largest absolute Gasteiger partial charge is 0.489 e. The first-order chi connectivity index (χ1) is 9.83. The summed E-state index contributed by atoms with van der Waals surface area (Å²) in [6, 6.07) is 17.5. The smallest absolute Gasteiger partial charge is 0.407 e. The number of benzene rings is 2. The van der Waals surface area contributed by atoms with Crippen LogP contribution in [0.3, 0.4) is 0 Å². The Morgan fingerprint density at radius 3 is 2.52 bits per heavy atom. The summed E-state index contributed by atoms with van der Waals surface area (Å²) in [5.41, 5.74) is 2.04. The van der Waals surface area contributed by atoms with E-state index in [1.807, 2.05) is 54.6 Å². The first-order valence-electron chi connectivity index (χ1n) is 6.52. The maximum Gasteiger partial charge on any atom is 0.407 e. The Bertz CT molecular complexity index is 603. The Labute approximate surface area is 129 Å². The van der Waals surface area contributed by atoms with Crippen molar-refractivity contribution in [2.75, 3.05) is 6.61 Å². The molecule has 21 heavy (non-hydrogen) atoms. The zero-order valence-electron chi connectivity index (χ0n) is 11.3. The molecule has 0 saturated carbocycles. The lowest BCUT2D eigenvalue weighted by Gasteiger charge is -2.14. The van der Waals surface area contributed by atoms with Gasteiger partial charge in [0.1, 0.15) is 19.0 Å². The monoisotopic (exact) mass is 305 g/mol. The fourth-order valence-corrected chi connectivity index (χ4v) is 2.19. The van der Waals surface area contributed by atoms with Crippen LogP contribution in [0.1, 0.15) is 17.2 Å². The number of alkyl carbamates (subject to hydrolysis) is 1. The molecule has 0 aliphatic carbocycles. The van der Waals surface area contributed by atoms with E-state index in [1.54, 1.807) is 0 Å². The average Bonchev–Trinajstić information content (AvgIpc) is 2.93. The van der Waals surface area contributed by atoms with Gasteiger partial charge >= 0.3 is 6.09 Å². The van der Waals surface area contributed by atoms with Crippen molar-refractivity contribution in [3.8, 4) is 5.75 Å². The molecule has 2 aromatic carbocycles. The van der Waals surface area contributed by atoms with E-state index in [4.69, 9.17) is 9.47 Å². The van der Waals surface area contributed by atoms with Gasteiger partial charge in [-0.05, 0) is 11.6 Å². The number of halogens is 1. The van der Waals surface area contributed by atoms with Crippen LogP contribution < -0.4 is 10.1 Å². The average molecular weight is 306 g/mol. The van der Waals surface area contributed by atoms with Gasteiger partial charge in [-0.1, -0.05) is 48.5 Å². The number of ether oxygens (including phenoxy) is 2. The number of cyclic esters (lactones) is 1. The molecule has 1 N–H and O–H groups in total. The van der Waals surface area contributed by atoms with Gasteiger partial charge in [-0.2, -0.15) is 0 Å². The zero-order valence-corrected chi connectivity index (χ0v) is 12.1. The molecule has 0 bridgehead atoms. The second kappa shape index (κ2) is 6.99. The quantitative estimate of drug-likeness (QED) is 0.941. The number of amides is 1. The number of hydrogen-bond acceptors (Lipinski definition) is 3. The van der Waals surface area contributed by atoms with Crippen molar-refractivity contribution in [3.63, 3.8) is 0 Å². The molecule has 2 aromatic rings. The molecule has 110 valence electrons. The number of carbonyl (C=O) groups is 1. The van der Waals surface area contributed by atoms with Gasteiger partial charge in [0.2, 0.25) is 0 Å². The molecule has 1 amide bonds. The first-order valence-corrected chi connectivity index (χ1v) is 6.52. The van der Waals surface area contributed by atoms with Crippen LogP contribution in [0, 0.1) is 0 Å². The Kier molecular flexibility index (Phi) is 5.06. The Balaban J connectivity index is 0.00000161. The standard InChI is InChI=1S/C16H15NO3.ClH/c18-16-17-14(11-20-16)13-8-4-5-9-15(13)19-10-12-6-2-1-3-7-12;/h1-9,14H,10-11H2,(H,17,18);1H/t14-;/m0./s1. The topological polar surface area (TPSA) is 47.6 Å². The molecular formula is C16H16ClNO3. The second-order valence-electron chi connectivity index (χ2n) is 4.61. The van der Waals surface area contributed by atoms with Gasteiger partial charge in [0.05, 0.1) is 6.04 Å². The number of nitrogens with one attached hydrogen (secondary N) is 1. The molecule has 1 aliphatic rings. The number of carbonyl (C=O) groups excluding carboxylic acids is 1. The SMILES string of the molecule is Cl.O=C1N[C@H](c2ccccc2OCc2ccccc2)CO1. The van der Waals surface area contributed by atoms with Gasteiger partial charge in [0, 0.05) is 5.56 Å². The van der Waals surface area contributed by atoms with Crippen molar-refractivity contribution in [1.82, 2.24) is 5.32 Å². The van der Waals surface area contributed by atoms with Crippen LogP contribution in [0.2, 0.25) is 0 Å². The highest BCUT2D eigenvalue weighted by molar-refractivity contribution is 5.85. The minimum absolute atomic E-state index is 0. The molecule has 0 spiro atoms. The fourth-order valence-electron chi connectivity index (χ4n) is 2.19.